The van der Waals surface area contributed by atoms with Crippen molar-refractivity contribution in [1.29, 1.82) is 0 Å². The average molecular weight is 506 g/mol. The number of methoxy groups -OCH3 is 2. The molecule has 192 valence electrons. The fourth-order valence-electron chi connectivity index (χ4n) is 3.45. The Hall–Kier alpha value is -3.27. The summed E-state index contributed by atoms with van der Waals surface area (Å²) in [5, 5.41) is 2.89. The third kappa shape index (κ3) is 7.88. The lowest BCUT2D eigenvalue weighted by Crippen LogP contribution is -2.54. The number of nitrogens with zero attached hydrogens (tertiary/aromatic N) is 2. The van der Waals surface area contributed by atoms with Gasteiger partial charge in [-0.25, -0.2) is 8.42 Å². The molecule has 0 unspecified atom stereocenters. The molecule has 0 radical (unpaired) electrons. The van der Waals surface area contributed by atoms with Gasteiger partial charge in [0.25, 0.3) is 0 Å². The molecule has 0 aliphatic carbocycles. The molecule has 1 atom stereocenters. The number of amides is 2. The minimum Gasteiger partial charge on any atom is -0.497 e. The zero-order chi connectivity index (χ0) is 26.4. The predicted molar refractivity (Wildman–Crippen MR) is 136 cm³/mol. The van der Waals surface area contributed by atoms with E-state index >= 15 is 0 Å². The molecule has 2 aromatic rings. The number of hydrogen-bond acceptors (Lipinski definition) is 6. The fraction of sp³-hybridized carbons (Fsp3) is 0.440. The van der Waals surface area contributed by atoms with E-state index in [0.29, 0.717) is 11.5 Å². The minimum atomic E-state index is -3.85. The highest BCUT2D eigenvalue weighted by Crippen LogP contribution is 2.29. The molecule has 0 fully saturated rings. The van der Waals surface area contributed by atoms with E-state index in [1.54, 1.807) is 56.5 Å². The van der Waals surface area contributed by atoms with Gasteiger partial charge >= 0.3 is 0 Å². The molecular formula is C25H35N3O6S. The molecule has 0 saturated heterocycles. The van der Waals surface area contributed by atoms with Crippen LogP contribution in [0.4, 0.5) is 5.69 Å². The number of sulfonamides is 1. The molecule has 35 heavy (non-hydrogen) atoms. The molecule has 2 rings (SSSR count). The van der Waals surface area contributed by atoms with E-state index in [0.717, 1.165) is 16.1 Å². The second-order valence-electron chi connectivity index (χ2n) is 9.23. The van der Waals surface area contributed by atoms with E-state index in [9.17, 15) is 18.0 Å². The molecule has 10 heteroatoms. The first-order chi connectivity index (χ1) is 16.3. The van der Waals surface area contributed by atoms with Crippen LogP contribution in [-0.2, 0) is 26.2 Å². The highest BCUT2D eigenvalue weighted by molar-refractivity contribution is 7.92. The molecule has 0 aliphatic heterocycles. The monoisotopic (exact) mass is 505 g/mol. The number of hydrogen-bond donors (Lipinski definition) is 1. The third-order valence-corrected chi connectivity index (χ3v) is 6.31. The summed E-state index contributed by atoms with van der Waals surface area (Å²) in [4.78, 5) is 28.0. The van der Waals surface area contributed by atoms with Crippen molar-refractivity contribution < 1.29 is 27.5 Å². The van der Waals surface area contributed by atoms with Gasteiger partial charge in [-0.1, -0.05) is 24.3 Å². The minimum absolute atomic E-state index is 0.0816. The van der Waals surface area contributed by atoms with Crippen molar-refractivity contribution in [2.75, 3.05) is 31.3 Å². The molecule has 0 bridgehead atoms. The maximum atomic E-state index is 13.6. The Labute approximate surface area is 208 Å². The normalized spacial score (nSPS) is 12.4. The number of rotatable bonds is 10. The zero-order valence-corrected chi connectivity index (χ0v) is 22.2. The van der Waals surface area contributed by atoms with Gasteiger partial charge < -0.3 is 19.7 Å². The molecular weight excluding hydrogens is 470 g/mol. The van der Waals surface area contributed by atoms with E-state index in [1.165, 1.54) is 12.0 Å². The van der Waals surface area contributed by atoms with Gasteiger partial charge in [0.15, 0.2) is 0 Å². The fourth-order valence-corrected chi connectivity index (χ4v) is 4.31. The summed E-state index contributed by atoms with van der Waals surface area (Å²) in [7, 11) is -0.886. The van der Waals surface area contributed by atoms with Gasteiger partial charge in [-0.15, -0.1) is 0 Å². The van der Waals surface area contributed by atoms with E-state index in [2.05, 4.69) is 5.32 Å². The number of ether oxygens (including phenoxy) is 2. The van der Waals surface area contributed by atoms with E-state index in [4.69, 9.17) is 9.47 Å². The van der Waals surface area contributed by atoms with Crippen LogP contribution in [0.1, 0.15) is 33.3 Å². The number of carbonyl (C=O) groups is 2. The average Bonchev–Trinajstić information content (AvgIpc) is 2.78. The van der Waals surface area contributed by atoms with Gasteiger partial charge in [-0.2, -0.15) is 0 Å². The van der Waals surface area contributed by atoms with Crippen LogP contribution in [-0.4, -0.2) is 63.7 Å². The Morgan fingerprint density at radius 1 is 1.03 bits per heavy atom. The van der Waals surface area contributed by atoms with Crippen LogP contribution in [0.15, 0.2) is 48.5 Å². The number of nitrogens with one attached hydrogen (secondary N) is 1. The summed E-state index contributed by atoms with van der Waals surface area (Å²) in [5.74, 6) is 0.0229. The Balaban J connectivity index is 2.46. The van der Waals surface area contributed by atoms with Crippen LogP contribution >= 0.6 is 0 Å². The van der Waals surface area contributed by atoms with Crippen LogP contribution in [0.2, 0.25) is 0 Å². The maximum Gasteiger partial charge on any atom is 0.244 e. The summed E-state index contributed by atoms with van der Waals surface area (Å²) >= 11 is 0. The summed E-state index contributed by atoms with van der Waals surface area (Å²) in [6, 6.07) is 12.8. The lowest BCUT2D eigenvalue weighted by Gasteiger charge is -2.33. The second kappa shape index (κ2) is 11.4. The van der Waals surface area contributed by atoms with Crippen molar-refractivity contribution >= 4 is 27.5 Å². The predicted octanol–water partition coefficient (Wildman–Crippen LogP) is 2.80. The van der Waals surface area contributed by atoms with Crippen molar-refractivity contribution in [3.63, 3.8) is 0 Å². The highest BCUT2D eigenvalue weighted by atomic mass is 32.2. The first kappa shape index (κ1) is 28.0. The Bertz CT molecular complexity index is 1140. The lowest BCUT2D eigenvalue weighted by atomic mass is 10.1. The first-order valence-electron chi connectivity index (χ1n) is 11.1. The summed E-state index contributed by atoms with van der Waals surface area (Å²) in [6.07, 6.45) is 1.02. The van der Waals surface area contributed by atoms with Gasteiger partial charge in [-0.05, 0) is 57.5 Å². The smallest absolute Gasteiger partial charge is 0.244 e. The Morgan fingerprint density at radius 2 is 1.69 bits per heavy atom. The van der Waals surface area contributed by atoms with Crippen LogP contribution in [0.3, 0.4) is 0 Å². The quantitative estimate of drug-likeness (QED) is 0.532. The second-order valence-corrected chi connectivity index (χ2v) is 11.1. The summed E-state index contributed by atoms with van der Waals surface area (Å²) in [5.41, 5.74) is 0.460. The van der Waals surface area contributed by atoms with Crippen LogP contribution in [0, 0.1) is 0 Å². The molecule has 2 amide bonds. The van der Waals surface area contributed by atoms with Crippen molar-refractivity contribution in [2.24, 2.45) is 0 Å². The topological polar surface area (TPSA) is 105 Å². The largest absolute Gasteiger partial charge is 0.497 e. The van der Waals surface area contributed by atoms with Gasteiger partial charge in [-0.3, -0.25) is 13.9 Å². The first-order valence-corrected chi connectivity index (χ1v) is 13.0. The SMILES string of the molecule is COc1cccc(CN(C(=O)CN(c2ccccc2OC)S(C)(=O)=O)[C@H](C)C(=O)NC(C)(C)C)c1. The van der Waals surface area contributed by atoms with Crippen LogP contribution in [0.25, 0.3) is 0 Å². The van der Waals surface area contributed by atoms with Gasteiger partial charge in [0.05, 0.1) is 26.2 Å². The standard InChI is InChI=1S/C25H35N3O6S/c1-18(24(30)26-25(2,3)4)27(16-19-11-10-12-20(15-19)33-5)23(29)17-28(35(7,31)32)21-13-8-9-14-22(21)34-6/h8-15,18H,16-17H2,1-7H3,(H,26,30)/t18-/m1/s1. The maximum absolute atomic E-state index is 13.6. The molecule has 0 spiro atoms. The zero-order valence-electron chi connectivity index (χ0n) is 21.4. The van der Waals surface area contributed by atoms with Gasteiger partial charge in [0.2, 0.25) is 21.8 Å². The Kier molecular flexibility index (Phi) is 9.14. The van der Waals surface area contributed by atoms with Crippen molar-refractivity contribution in [3.8, 4) is 11.5 Å². The van der Waals surface area contributed by atoms with Crippen molar-refractivity contribution in [2.45, 2.75) is 45.8 Å². The summed E-state index contributed by atoms with van der Waals surface area (Å²) in [6.45, 7) is 6.73. The van der Waals surface area contributed by atoms with Crippen LogP contribution in [0.5, 0.6) is 11.5 Å². The van der Waals surface area contributed by atoms with Crippen molar-refractivity contribution in [1.82, 2.24) is 10.2 Å². The Morgan fingerprint density at radius 3 is 2.26 bits per heavy atom. The number of para-hydroxylation sites is 2. The number of carbonyl (C=O) groups excluding carboxylic acids is 2. The molecule has 0 aromatic heterocycles. The molecule has 0 heterocycles. The molecule has 0 saturated carbocycles. The summed E-state index contributed by atoms with van der Waals surface area (Å²) < 4.78 is 37.0. The third-order valence-electron chi connectivity index (χ3n) is 5.19. The van der Waals surface area contributed by atoms with Crippen LogP contribution < -0.4 is 19.1 Å². The molecule has 1 N–H and O–H groups in total. The van der Waals surface area contributed by atoms with Gasteiger partial charge in [0, 0.05) is 12.1 Å². The number of anilines is 1. The lowest BCUT2D eigenvalue weighted by molar-refractivity contribution is -0.140. The molecule has 0 aliphatic rings. The number of benzene rings is 2. The van der Waals surface area contributed by atoms with Crippen molar-refractivity contribution in [3.05, 3.63) is 54.1 Å². The van der Waals surface area contributed by atoms with E-state index in [1.807, 2.05) is 26.8 Å². The van der Waals surface area contributed by atoms with Gasteiger partial charge in [0.1, 0.15) is 24.1 Å². The van der Waals surface area contributed by atoms with E-state index < -0.39 is 34.1 Å². The highest BCUT2D eigenvalue weighted by Gasteiger charge is 2.32. The molecule has 9 nitrogen and oxygen atoms in total. The van der Waals surface area contributed by atoms with E-state index in [-0.39, 0.29) is 18.1 Å². The molecule has 2 aromatic carbocycles.